The Labute approximate surface area is 256 Å². The molecular weight excluding hydrogens is 538 g/mol. The van der Waals surface area contributed by atoms with Gasteiger partial charge in [-0.25, -0.2) is 0 Å². The Kier molecular flexibility index (Phi) is 10.3. The van der Waals surface area contributed by atoms with Crippen LogP contribution >= 0.6 is 0 Å². The molecule has 3 aromatic rings. The topological polar surface area (TPSA) is 96.4 Å². The summed E-state index contributed by atoms with van der Waals surface area (Å²) in [6.45, 7) is 4.81. The van der Waals surface area contributed by atoms with Gasteiger partial charge >= 0.3 is 0 Å². The lowest BCUT2D eigenvalue weighted by Crippen LogP contribution is -2.35. The van der Waals surface area contributed by atoms with E-state index in [1.54, 1.807) is 14.2 Å². The number of hydrogen-bond acceptors (Lipinski definition) is 7. The van der Waals surface area contributed by atoms with Crippen LogP contribution in [0.2, 0.25) is 0 Å². The first-order valence-electron chi connectivity index (χ1n) is 15.3. The van der Waals surface area contributed by atoms with E-state index in [2.05, 4.69) is 41.1 Å². The van der Waals surface area contributed by atoms with E-state index in [0.717, 1.165) is 73.7 Å². The molecule has 1 unspecified atom stereocenters. The second-order valence-corrected chi connectivity index (χ2v) is 11.6. The molecule has 228 valence electrons. The normalized spacial score (nSPS) is 18.5. The summed E-state index contributed by atoms with van der Waals surface area (Å²) >= 11 is 0. The number of hydrogen-bond donors (Lipinski definition) is 2. The molecule has 0 saturated carbocycles. The van der Waals surface area contributed by atoms with Gasteiger partial charge in [-0.15, -0.1) is 0 Å². The van der Waals surface area contributed by atoms with Crippen molar-refractivity contribution in [2.75, 3.05) is 47.5 Å². The van der Waals surface area contributed by atoms with Gasteiger partial charge in [0.1, 0.15) is 23.1 Å². The summed E-state index contributed by atoms with van der Waals surface area (Å²) < 4.78 is 16.8. The highest BCUT2D eigenvalue weighted by molar-refractivity contribution is 6.17. The monoisotopic (exact) mass is 583 g/mol. The molecule has 0 bridgehead atoms. The highest BCUT2D eigenvalue weighted by Gasteiger charge is 2.22. The Balaban J connectivity index is 1.15. The van der Waals surface area contributed by atoms with Crippen LogP contribution in [0.4, 0.5) is 0 Å². The van der Waals surface area contributed by atoms with Gasteiger partial charge in [0.15, 0.2) is 0 Å². The zero-order valence-electron chi connectivity index (χ0n) is 25.7. The zero-order valence-corrected chi connectivity index (χ0v) is 25.7. The van der Waals surface area contributed by atoms with Crippen molar-refractivity contribution in [3.05, 3.63) is 89.0 Å². The number of ether oxygens (including phenoxy) is 3. The molecule has 3 N–H and O–H groups in total. The number of aliphatic imine (C=N–C) groups is 1. The molecule has 2 fully saturated rings. The lowest BCUT2D eigenvalue weighted by molar-refractivity contribution is 0.206. The minimum atomic E-state index is 0.139. The van der Waals surface area contributed by atoms with E-state index in [1.807, 2.05) is 42.5 Å². The quantitative estimate of drug-likeness (QED) is 0.220. The van der Waals surface area contributed by atoms with Gasteiger partial charge in [-0.05, 0) is 106 Å². The van der Waals surface area contributed by atoms with Crippen molar-refractivity contribution in [1.82, 2.24) is 9.80 Å². The molecule has 2 heterocycles. The fraction of sp³-hybridized carbons (Fsp3) is 0.429. The molecule has 0 radical (unpaired) electrons. The van der Waals surface area contributed by atoms with Gasteiger partial charge in [0.25, 0.3) is 0 Å². The Hall–Kier alpha value is -3.88. The number of amidine groups is 1. The maximum Gasteiger partial charge on any atom is 0.126 e. The zero-order chi connectivity index (χ0) is 30.2. The van der Waals surface area contributed by atoms with Crippen molar-refractivity contribution in [1.29, 1.82) is 5.41 Å². The van der Waals surface area contributed by atoms with Crippen LogP contribution in [0.3, 0.4) is 0 Å². The molecule has 0 aromatic heterocycles. The Morgan fingerprint density at radius 3 is 2.19 bits per heavy atom. The lowest BCUT2D eigenvalue weighted by atomic mass is 9.96. The van der Waals surface area contributed by atoms with E-state index in [-0.39, 0.29) is 6.04 Å². The molecule has 8 nitrogen and oxygen atoms in total. The highest BCUT2D eigenvalue weighted by Crippen LogP contribution is 2.24. The molecule has 0 aliphatic carbocycles. The number of nitrogens with zero attached hydrogens (tertiary/aromatic N) is 3. The van der Waals surface area contributed by atoms with E-state index >= 15 is 0 Å². The molecule has 43 heavy (non-hydrogen) atoms. The molecule has 0 spiro atoms. The third-order valence-electron chi connectivity index (χ3n) is 8.75. The number of nitrogens with two attached hydrogens (primary N) is 1. The van der Waals surface area contributed by atoms with Gasteiger partial charge in [-0.1, -0.05) is 12.1 Å². The fourth-order valence-corrected chi connectivity index (χ4v) is 6.07. The summed E-state index contributed by atoms with van der Waals surface area (Å²) in [4.78, 5) is 9.86. The van der Waals surface area contributed by atoms with Crippen molar-refractivity contribution < 1.29 is 14.2 Å². The standard InChI is InChI=1S/C35H45N5O3/c1-39-19-4-5-28(39)18-22-43-30-10-6-25(7-11-30)24-40-20-16-27(17-21-40)38-35(37)33-23-31(42-3)14-15-32(33)34(36)26-8-12-29(41-2)13-9-26/h6-15,23,27-28,36H,4-5,16-22,24H2,1-3H3,(H2,37,38). The smallest absolute Gasteiger partial charge is 0.126 e. The molecule has 3 aromatic carbocycles. The van der Waals surface area contributed by atoms with Crippen LogP contribution in [0.15, 0.2) is 71.7 Å². The number of piperidine rings is 1. The molecule has 0 amide bonds. The second-order valence-electron chi connectivity index (χ2n) is 11.6. The van der Waals surface area contributed by atoms with Crippen LogP contribution in [-0.2, 0) is 6.54 Å². The molecule has 5 rings (SSSR count). The van der Waals surface area contributed by atoms with Gasteiger partial charge in [0, 0.05) is 42.4 Å². The van der Waals surface area contributed by atoms with E-state index in [1.165, 1.54) is 24.9 Å². The summed E-state index contributed by atoms with van der Waals surface area (Å²) in [6.07, 6.45) is 5.54. The van der Waals surface area contributed by atoms with Crippen LogP contribution in [0.1, 0.15) is 54.4 Å². The van der Waals surface area contributed by atoms with E-state index in [4.69, 9.17) is 30.3 Å². The molecular formula is C35H45N5O3. The van der Waals surface area contributed by atoms with Crippen molar-refractivity contribution in [2.45, 2.75) is 50.7 Å². The van der Waals surface area contributed by atoms with E-state index in [9.17, 15) is 0 Å². The largest absolute Gasteiger partial charge is 0.497 e. The SMILES string of the molecule is COc1ccc(C(=N)c2ccc(OC)cc2C(N)=NC2CCN(Cc3ccc(OCCC4CCCN4C)cc3)CC2)cc1. The highest BCUT2D eigenvalue weighted by atomic mass is 16.5. The fourth-order valence-electron chi connectivity index (χ4n) is 6.07. The Morgan fingerprint density at radius 2 is 1.53 bits per heavy atom. The van der Waals surface area contributed by atoms with Crippen molar-refractivity contribution in [3.8, 4) is 17.2 Å². The van der Waals surface area contributed by atoms with Gasteiger partial charge in [-0.3, -0.25) is 15.3 Å². The van der Waals surface area contributed by atoms with Gasteiger partial charge in [-0.2, -0.15) is 0 Å². The summed E-state index contributed by atoms with van der Waals surface area (Å²) in [5, 5.41) is 8.89. The maximum absolute atomic E-state index is 8.89. The van der Waals surface area contributed by atoms with E-state index < -0.39 is 0 Å². The lowest BCUT2D eigenvalue weighted by Gasteiger charge is -2.30. The number of likely N-dealkylation sites (tertiary alicyclic amines) is 2. The Morgan fingerprint density at radius 1 is 0.860 bits per heavy atom. The average Bonchev–Trinajstić information content (AvgIpc) is 3.46. The van der Waals surface area contributed by atoms with Gasteiger partial charge in [0.2, 0.25) is 0 Å². The minimum Gasteiger partial charge on any atom is -0.497 e. The summed E-state index contributed by atoms with van der Waals surface area (Å²) in [6, 6.07) is 22.5. The summed E-state index contributed by atoms with van der Waals surface area (Å²) in [5.74, 6) is 2.83. The first kappa shape index (κ1) is 30.6. The number of nitrogens with one attached hydrogen (secondary N) is 1. The molecule has 1 atom stereocenters. The number of benzene rings is 3. The van der Waals surface area contributed by atoms with Crippen molar-refractivity contribution in [2.24, 2.45) is 10.7 Å². The van der Waals surface area contributed by atoms with Crippen LogP contribution in [0.25, 0.3) is 0 Å². The predicted molar refractivity (Wildman–Crippen MR) is 173 cm³/mol. The molecule has 2 saturated heterocycles. The number of rotatable bonds is 12. The van der Waals surface area contributed by atoms with E-state index in [0.29, 0.717) is 23.3 Å². The van der Waals surface area contributed by atoms with Crippen LogP contribution in [0, 0.1) is 5.41 Å². The third-order valence-corrected chi connectivity index (χ3v) is 8.75. The summed E-state index contributed by atoms with van der Waals surface area (Å²) in [7, 11) is 5.48. The summed E-state index contributed by atoms with van der Waals surface area (Å²) in [5.41, 5.74) is 10.5. The van der Waals surface area contributed by atoms with Crippen molar-refractivity contribution in [3.63, 3.8) is 0 Å². The van der Waals surface area contributed by atoms with Crippen molar-refractivity contribution >= 4 is 11.5 Å². The Bertz CT molecular complexity index is 1380. The van der Waals surface area contributed by atoms with Crippen LogP contribution in [0.5, 0.6) is 17.2 Å². The van der Waals surface area contributed by atoms with Gasteiger partial charge < -0.3 is 24.8 Å². The first-order chi connectivity index (χ1) is 20.9. The predicted octanol–water partition coefficient (Wildman–Crippen LogP) is 5.35. The molecule has 2 aliphatic heterocycles. The first-order valence-corrected chi connectivity index (χ1v) is 15.3. The van der Waals surface area contributed by atoms with Crippen LogP contribution < -0.4 is 19.9 Å². The average molecular weight is 584 g/mol. The maximum atomic E-state index is 8.89. The number of methoxy groups -OCH3 is 2. The third kappa shape index (κ3) is 7.94. The van der Waals surface area contributed by atoms with Gasteiger partial charge in [0.05, 0.1) is 32.6 Å². The molecule has 8 heteroatoms. The minimum absolute atomic E-state index is 0.139. The second kappa shape index (κ2) is 14.5. The van der Waals surface area contributed by atoms with Crippen LogP contribution in [-0.4, -0.2) is 80.9 Å². The molecule has 2 aliphatic rings.